The molecule has 0 unspecified atom stereocenters. The molecule has 0 atom stereocenters. The van der Waals surface area contributed by atoms with Gasteiger partial charge in [-0.1, -0.05) is 30.3 Å². The molecule has 1 aliphatic rings. The van der Waals surface area contributed by atoms with E-state index in [1.165, 1.54) is 0 Å². The molecule has 1 aromatic heterocycles. The number of nitriles is 1. The van der Waals surface area contributed by atoms with Crippen molar-refractivity contribution in [1.29, 1.82) is 5.26 Å². The molecule has 3 rings (SSSR count). The van der Waals surface area contributed by atoms with Gasteiger partial charge < -0.3 is 4.90 Å². The van der Waals surface area contributed by atoms with Crippen LogP contribution in [0.2, 0.25) is 0 Å². The van der Waals surface area contributed by atoms with E-state index in [1.54, 1.807) is 11.8 Å². The predicted octanol–water partition coefficient (Wildman–Crippen LogP) is 4.10. The summed E-state index contributed by atoms with van der Waals surface area (Å²) in [5.74, 6) is 0.0587. The number of ketones is 1. The zero-order chi connectivity index (χ0) is 19.7. The Labute approximate surface area is 155 Å². The number of hydrogen-bond acceptors (Lipinski definition) is 4. The Morgan fingerprint density at radius 2 is 1.78 bits per heavy atom. The Morgan fingerprint density at radius 1 is 1.15 bits per heavy atom. The van der Waals surface area contributed by atoms with Crippen molar-refractivity contribution in [2.45, 2.75) is 31.4 Å². The molecule has 1 aromatic carbocycles. The number of aromatic nitrogens is 1. The fraction of sp³-hybridized carbons (Fsp3) is 0.350. The van der Waals surface area contributed by atoms with Gasteiger partial charge >= 0.3 is 6.18 Å². The van der Waals surface area contributed by atoms with E-state index < -0.39 is 17.3 Å². The van der Waals surface area contributed by atoms with Gasteiger partial charge in [-0.15, -0.1) is 0 Å². The summed E-state index contributed by atoms with van der Waals surface area (Å²) < 4.78 is 39.0. The number of carbonyl (C=O) groups excluding carboxylic acids is 1. The minimum absolute atomic E-state index is 0.0255. The lowest BCUT2D eigenvalue weighted by Crippen LogP contribution is -2.47. The van der Waals surface area contributed by atoms with Crippen LogP contribution in [0.3, 0.4) is 0 Å². The molecule has 4 nitrogen and oxygen atoms in total. The van der Waals surface area contributed by atoms with Crippen LogP contribution in [0.25, 0.3) is 0 Å². The maximum Gasteiger partial charge on any atom is 0.433 e. The first-order chi connectivity index (χ1) is 12.8. The van der Waals surface area contributed by atoms with E-state index in [9.17, 15) is 23.2 Å². The average Bonchev–Trinajstić information content (AvgIpc) is 2.67. The molecule has 0 spiro atoms. The van der Waals surface area contributed by atoms with Crippen LogP contribution in [0.15, 0.2) is 42.5 Å². The molecule has 0 N–H and O–H groups in total. The third-order valence-corrected chi connectivity index (χ3v) is 5.20. The number of alkyl halides is 3. The zero-order valence-corrected chi connectivity index (χ0v) is 14.8. The largest absolute Gasteiger partial charge is 0.433 e. The number of rotatable bonds is 3. The summed E-state index contributed by atoms with van der Waals surface area (Å²) in [6, 6.07) is 13.3. The number of Topliss-reactive ketones (excluding diaryl/α,β-unsaturated/α-hetero) is 1. The van der Waals surface area contributed by atoms with E-state index in [1.807, 2.05) is 36.4 Å². The Kier molecular flexibility index (Phi) is 4.92. The van der Waals surface area contributed by atoms with Crippen LogP contribution in [-0.2, 0) is 16.4 Å². The monoisotopic (exact) mass is 373 g/mol. The van der Waals surface area contributed by atoms with Crippen molar-refractivity contribution in [2.24, 2.45) is 0 Å². The van der Waals surface area contributed by atoms with Crippen molar-refractivity contribution >= 4 is 11.6 Å². The molecule has 0 radical (unpaired) electrons. The Bertz CT molecular complexity index is 880. The summed E-state index contributed by atoms with van der Waals surface area (Å²) in [7, 11) is 0. The molecule has 1 saturated heterocycles. The predicted molar refractivity (Wildman–Crippen MR) is 94.2 cm³/mol. The Morgan fingerprint density at radius 3 is 2.30 bits per heavy atom. The minimum atomic E-state index is -4.58. The summed E-state index contributed by atoms with van der Waals surface area (Å²) in [5, 5.41) is 9.26. The lowest BCUT2D eigenvalue weighted by atomic mass is 9.70. The molecule has 27 heavy (non-hydrogen) atoms. The van der Waals surface area contributed by atoms with E-state index in [0.29, 0.717) is 25.9 Å². The molecule has 7 heteroatoms. The topological polar surface area (TPSA) is 57.0 Å². The number of piperidine rings is 1. The van der Waals surface area contributed by atoms with E-state index in [0.717, 1.165) is 17.7 Å². The molecule has 140 valence electrons. The first kappa shape index (κ1) is 18.9. The van der Waals surface area contributed by atoms with Crippen LogP contribution in [-0.4, -0.2) is 23.9 Å². The second kappa shape index (κ2) is 7.03. The van der Waals surface area contributed by atoms with Gasteiger partial charge in [0.25, 0.3) is 0 Å². The van der Waals surface area contributed by atoms with E-state index in [-0.39, 0.29) is 17.2 Å². The molecule has 0 aliphatic carbocycles. The van der Waals surface area contributed by atoms with Gasteiger partial charge in [-0.05, 0) is 37.5 Å². The molecular weight excluding hydrogens is 355 g/mol. The van der Waals surface area contributed by atoms with Gasteiger partial charge in [-0.3, -0.25) is 4.79 Å². The van der Waals surface area contributed by atoms with Crippen molar-refractivity contribution in [1.82, 2.24) is 4.98 Å². The molecule has 2 heterocycles. The molecule has 0 bridgehead atoms. The van der Waals surface area contributed by atoms with Crippen LogP contribution >= 0.6 is 0 Å². The Hall–Kier alpha value is -2.88. The van der Waals surface area contributed by atoms with Gasteiger partial charge in [-0.25, -0.2) is 4.98 Å². The van der Waals surface area contributed by atoms with Crippen LogP contribution < -0.4 is 4.90 Å². The number of halogens is 3. The van der Waals surface area contributed by atoms with Gasteiger partial charge in [0.05, 0.1) is 11.0 Å². The van der Waals surface area contributed by atoms with Crippen molar-refractivity contribution < 1.29 is 18.0 Å². The molecule has 0 amide bonds. The normalized spacial score (nSPS) is 16.6. The highest BCUT2D eigenvalue weighted by Gasteiger charge is 2.41. The van der Waals surface area contributed by atoms with Gasteiger partial charge in [0.15, 0.2) is 0 Å². The maximum absolute atomic E-state index is 13.0. The van der Waals surface area contributed by atoms with Crippen molar-refractivity contribution in [3.63, 3.8) is 0 Å². The second-order valence-electron chi connectivity index (χ2n) is 6.67. The highest BCUT2D eigenvalue weighted by molar-refractivity contribution is 5.88. The molecule has 1 fully saturated rings. The fourth-order valence-corrected chi connectivity index (χ4v) is 3.64. The van der Waals surface area contributed by atoms with Gasteiger partial charge in [-0.2, -0.15) is 18.4 Å². The lowest BCUT2D eigenvalue weighted by molar-refractivity contribution is -0.141. The third kappa shape index (κ3) is 3.52. The highest BCUT2D eigenvalue weighted by atomic mass is 19.4. The first-order valence-corrected chi connectivity index (χ1v) is 8.58. The van der Waals surface area contributed by atoms with Crippen LogP contribution in [0, 0.1) is 11.3 Å². The molecule has 0 saturated carbocycles. The highest BCUT2D eigenvalue weighted by Crippen LogP contribution is 2.38. The maximum atomic E-state index is 13.0. The quantitative estimate of drug-likeness (QED) is 0.813. The molecule has 2 aromatic rings. The van der Waals surface area contributed by atoms with Gasteiger partial charge in [0.2, 0.25) is 0 Å². The third-order valence-electron chi connectivity index (χ3n) is 5.20. The SMILES string of the molecule is CC(=O)C1(c2ccccc2)CCN(c2nc(C(F)(F)F)ccc2C#N)CC1. The number of benzene rings is 1. The fourth-order valence-electron chi connectivity index (χ4n) is 3.64. The number of anilines is 1. The summed E-state index contributed by atoms with van der Waals surface area (Å²) in [6.07, 6.45) is -3.67. The summed E-state index contributed by atoms with van der Waals surface area (Å²) in [4.78, 5) is 17.8. The average molecular weight is 373 g/mol. The standard InChI is InChI=1S/C20H18F3N3O/c1-14(27)19(16-5-3-2-4-6-16)9-11-26(12-10-19)18-15(13-24)7-8-17(25-18)20(21,22)23/h2-8H,9-12H2,1H3. The zero-order valence-electron chi connectivity index (χ0n) is 14.8. The lowest BCUT2D eigenvalue weighted by Gasteiger charge is -2.41. The van der Waals surface area contributed by atoms with Crippen molar-refractivity contribution in [3.8, 4) is 6.07 Å². The second-order valence-corrected chi connectivity index (χ2v) is 6.67. The first-order valence-electron chi connectivity index (χ1n) is 8.58. The summed E-state index contributed by atoms with van der Waals surface area (Å²) >= 11 is 0. The summed E-state index contributed by atoms with van der Waals surface area (Å²) in [6.45, 7) is 2.24. The van der Waals surface area contributed by atoms with Crippen LogP contribution in [0.4, 0.5) is 19.0 Å². The van der Waals surface area contributed by atoms with Gasteiger partial charge in [0.1, 0.15) is 23.4 Å². The molecular formula is C20H18F3N3O. The molecule has 1 aliphatic heterocycles. The Balaban J connectivity index is 1.91. The van der Waals surface area contributed by atoms with Crippen LogP contribution in [0.5, 0.6) is 0 Å². The number of nitrogens with zero attached hydrogens (tertiary/aromatic N) is 3. The van der Waals surface area contributed by atoms with E-state index in [2.05, 4.69) is 4.98 Å². The minimum Gasteiger partial charge on any atom is -0.355 e. The van der Waals surface area contributed by atoms with Crippen LogP contribution in [0.1, 0.15) is 36.6 Å². The van der Waals surface area contributed by atoms with E-state index in [4.69, 9.17) is 0 Å². The van der Waals surface area contributed by atoms with Gasteiger partial charge in [0, 0.05) is 13.1 Å². The number of hydrogen-bond donors (Lipinski definition) is 0. The van der Waals surface area contributed by atoms with Crippen molar-refractivity contribution in [2.75, 3.05) is 18.0 Å². The van der Waals surface area contributed by atoms with Crippen molar-refractivity contribution in [3.05, 3.63) is 59.3 Å². The summed E-state index contributed by atoms with van der Waals surface area (Å²) in [5.41, 5.74) is -0.678. The number of pyridine rings is 1. The van der Waals surface area contributed by atoms with E-state index >= 15 is 0 Å². The smallest absolute Gasteiger partial charge is 0.355 e. The number of carbonyl (C=O) groups is 1.